The van der Waals surface area contributed by atoms with Crippen LogP contribution in [0.1, 0.15) is 19.4 Å². The number of carboxylic acids is 1. The highest BCUT2D eigenvalue weighted by molar-refractivity contribution is 6.35. The lowest BCUT2D eigenvalue weighted by Crippen LogP contribution is -2.37. The van der Waals surface area contributed by atoms with Crippen LogP contribution >= 0.6 is 23.2 Å². The summed E-state index contributed by atoms with van der Waals surface area (Å²) >= 11 is 12.2. The quantitative estimate of drug-likeness (QED) is 0.430. The highest BCUT2D eigenvalue weighted by Gasteiger charge is 2.29. The number of aliphatic carboxylic acids is 1. The van der Waals surface area contributed by atoms with Gasteiger partial charge in [0.15, 0.2) is 5.60 Å². The minimum Gasteiger partial charge on any atom is -0.478 e. The van der Waals surface area contributed by atoms with Crippen LogP contribution in [0.4, 0.5) is 5.82 Å². The molecule has 0 spiro atoms. The van der Waals surface area contributed by atoms with Gasteiger partial charge in [-0.05, 0) is 50.1 Å². The summed E-state index contributed by atoms with van der Waals surface area (Å²) in [6.07, 6.45) is 0.672. The summed E-state index contributed by atoms with van der Waals surface area (Å²) in [5, 5.41) is 13.8. The molecule has 0 saturated heterocycles. The molecule has 2 N–H and O–H groups in total. The van der Waals surface area contributed by atoms with E-state index in [4.69, 9.17) is 32.7 Å². The molecule has 3 aromatic rings. The molecule has 1 aromatic heterocycles. The molecular weight excluding hydrogens is 453 g/mol. The zero-order valence-corrected chi connectivity index (χ0v) is 19.4. The molecule has 0 bridgehead atoms. The van der Waals surface area contributed by atoms with Gasteiger partial charge < -0.3 is 19.9 Å². The van der Waals surface area contributed by atoms with E-state index in [1.54, 1.807) is 36.4 Å². The molecule has 0 saturated carbocycles. The van der Waals surface area contributed by atoms with E-state index in [9.17, 15) is 9.90 Å². The molecule has 0 aliphatic rings. The average molecular weight is 476 g/mol. The number of benzene rings is 2. The molecule has 2 aromatic carbocycles. The van der Waals surface area contributed by atoms with Gasteiger partial charge >= 0.3 is 12.0 Å². The third kappa shape index (κ3) is 6.02. The van der Waals surface area contributed by atoms with E-state index in [1.165, 1.54) is 21.0 Å². The van der Waals surface area contributed by atoms with Gasteiger partial charge in [0.1, 0.15) is 11.6 Å². The van der Waals surface area contributed by atoms with Crippen LogP contribution in [0.2, 0.25) is 10.0 Å². The van der Waals surface area contributed by atoms with E-state index in [1.807, 2.05) is 12.1 Å². The molecule has 0 unspecified atom stereocenters. The number of rotatable bonds is 9. The first-order valence-corrected chi connectivity index (χ1v) is 10.6. The molecule has 0 atom stereocenters. The number of hydrogen-bond donors (Lipinski definition) is 2. The minimum atomic E-state index is -1.36. The number of nitrogens with one attached hydrogen (secondary N) is 1. The number of nitrogens with zero attached hydrogens (tertiary/aromatic N) is 2. The van der Waals surface area contributed by atoms with Gasteiger partial charge in [-0.15, -0.1) is 0 Å². The van der Waals surface area contributed by atoms with Crippen molar-refractivity contribution in [2.75, 3.05) is 19.0 Å². The van der Waals surface area contributed by atoms with Crippen molar-refractivity contribution in [3.05, 3.63) is 64.1 Å². The zero-order chi connectivity index (χ0) is 23.3. The fourth-order valence-electron chi connectivity index (χ4n) is 2.86. The molecule has 3 rings (SSSR count). The summed E-state index contributed by atoms with van der Waals surface area (Å²) in [6, 6.07) is 14.4. The Labute approximate surface area is 196 Å². The fourth-order valence-corrected chi connectivity index (χ4v) is 3.36. The van der Waals surface area contributed by atoms with E-state index in [0.717, 1.165) is 11.1 Å². The van der Waals surface area contributed by atoms with Crippen LogP contribution in [0.5, 0.6) is 11.8 Å². The molecule has 7 nitrogen and oxygen atoms in total. The lowest BCUT2D eigenvalue weighted by Gasteiger charge is -2.21. The van der Waals surface area contributed by atoms with Crippen molar-refractivity contribution in [3.8, 4) is 23.0 Å². The number of ether oxygens (including phenoxy) is 2. The molecular formula is C23H23Cl2N3O4. The topological polar surface area (TPSA) is 93.6 Å². The van der Waals surface area contributed by atoms with Crippen LogP contribution in [-0.4, -0.2) is 40.3 Å². The molecule has 0 fully saturated rings. The maximum Gasteiger partial charge on any atom is 0.347 e. The first-order valence-electron chi connectivity index (χ1n) is 9.81. The summed E-state index contributed by atoms with van der Waals surface area (Å²) in [6.45, 7) is 3.56. The van der Waals surface area contributed by atoms with Crippen molar-refractivity contribution in [2.45, 2.75) is 25.9 Å². The number of methoxy groups -OCH3 is 1. The zero-order valence-electron chi connectivity index (χ0n) is 17.9. The van der Waals surface area contributed by atoms with Crippen LogP contribution in [0.15, 0.2) is 48.5 Å². The molecule has 0 aliphatic carbocycles. The molecule has 0 amide bonds. The van der Waals surface area contributed by atoms with Gasteiger partial charge in [-0.25, -0.2) is 4.79 Å². The van der Waals surface area contributed by atoms with Crippen LogP contribution < -0.4 is 14.8 Å². The Morgan fingerprint density at radius 2 is 1.91 bits per heavy atom. The first-order chi connectivity index (χ1) is 15.2. The minimum absolute atomic E-state index is 0.201. The Hall–Kier alpha value is -3.03. The van der Waals surface area contributed by atoms with Crippen molar-refractivity contribution in [1.82, 2.24) is 9.97 Å². The lowest BCUT2D eigenvalue weighted by atomic mass is 10.1. The number of halogens is 2. The Morgan fingerprint density at radius 1 is 1.12 bits per heavy atom. The van der Waals surface area contributed by atoms with E-state index >= 15 is 0 Å². The van der Waals surface area contributed by atoms with Crippen LogP contribution in [0.3, 0.4) is 0 Å². The molecule has 168 valence electrons. The maximum atomic E-state index is 11.4. The van der Waals surface area contributed by atoms with E-state index in [0.29, 0.717) is 40.3 Å². The molecule has 0 aliphatic heterocycles. The summed E-state index contributed by atoms with van der Waals surface area (Å²) in [5.74, 6) is -0.0626. The summed E-state index contributed by atoms with van der Waals surface area (Å²) in [4.78, 5) is 20.1. The average Bonchev–Trinajstić information content (AvgIpc) is 2.75. The van der Waals surface area contributed by atoms with Gasteiger partial charge in [0.2, 0.25) is 0 Å². The van der Waals surface area contributed by atoms with Crippen LogP contribution in [0, 0.1) is 0 Å². The van der Waals surface area contributed by atoms with Gasteiger partial charge in [-0.2, -0.15) is 9.97 Å². The highest BCUT2D eigenvalue weighted by Crippen LogP contribution is 2.28. The van der Waals surface area contributed by atoms with E-state index < -0.39 is 11.6 Å². The van der Waals surface area contributed by atoms with Crippen molar-refractivity contribution in [3.63, 3.8) is 0 Å². The second-order valence-corrected chi connectivity index (χ2v) is 8.33. The molecule has 1 heterocycles. The standard InChI is InChI=1S/C23H23Cl2N3O4/c1-23(2,21(29)30)32-17-6-4-5-15(11-17)19-13-20(28-22(27-19)31-3)26-10-9-14-7-8-16(24)12-18(14)25/h4-8,11-13H,9-10H2,1-3H3,(H,29,30)(H,26,27,28). The Kier molecular flexibility index (Phi) is 7.43. The van der Waals surface area contributed by atoms with Gasteiger partial charge in [-0.1, -0.05) is 41.4 Å². The summed E-state index contributed by atoms with van der Waals surface area (Å²) in [5.41, 5.74) is 0.934. The van der Waals surface area contributed by atoms with Crippen molar-refractivity contribution in [2.24, 2.45) is 0 Å². The maximum absolute atomic E-state index is 11.4. The first kappa shape index (κ1) is 23.6. The number of carboxylic acid groups (broad SMARTS) is 1. The van der Waals surface area contributed by atoms with Crippen molar-refractivity contribution < 1.29 is 19.4 Å². The SMILES string of the molecule is COc1nc(NCCc2ccc(Cl)cc2Cl)cc(-c2cccc(OC(C)(C)C(=O)O)c2)n1. The molecule has 32 heavy (non-hydrogen) atoms. The second-order valence-electron chi connectivity index (χ2n) is 7.48. The van der Waals surface area contributed by atoms with Crippen LogP contribution in [0.25, 0.3) is 11.3 Å². The van der Waals surface area contributed by atoms with Gasteiger partial charge in [-0.3, -0.25) is 0 Å². The largest absolute Gasteiger partial charge is 0.478 e. The van der Waals surface area contributed by atoms with E-state index in [-0.39, 0.29) is 6.01 Å². The number of aromatic nitrogens is 2. The Balaban J connectivity index is 1.79. The Bertz CT molecular complexity index is 1120. The smallest absolute Gasteiger partial charge is 0.347 e. The third-order valence-corrected chi connectivity index (χ3v) is 5.21. The predicted molar refractivity (Wildman–Crippen MR) is 125 cm³/mol. The van der Waals surface area contributed by atoms with Gasteiger partial charge in [0.25, 0.3) is 0 Å². The summed E-state index contributed by atoms with van der Waals surface area (Å²) < 4.78 is 10.9. The second kappa shape index (κ2) is 10.1. The lowest BCUT2D eigenvalue weighted by molar-refractivity contribution is -0.152. The molecule has 0 radical (unpaired) electrons. The number of carbonyl (C=O) groups is 1. The molecule has 9 heteroatoms. The monoisotopic (exact) mass is 475 g/mol. The van der Waals surface area contributed by atoms with Crippen molar-refractivity contribution >= 4 is 35.0 Å². The fraction of sp³-hybridized carbons (Fsp3) is 0.261. The number of anilines is 1. The van der Waals surface area contributed by atoms with Crippen LogP contribution in [-0.2, 0) is 11.2 Å². The van der Waals surface area contributed by atoms with E-state index in [2.05, 4.69) is 15.3 Å². The number of hydrogen-bond acceptors (Lipinski definition) is 6. The van der Waals surface area contributed by atoms with Crippen molar-refractivity contribution in [1.29, 1.82) is 0 Å². The Morgan fingerprint density at radius 3 is 2.59 bits per heavy atom. The normalized spacial score (nSPS) is 11.2. The van der Waals surface area contributed by atoms with Gasteiger partial charge in [0.05, 0.1) is 12.8 Å². The summed E-state index contributed by atoms with van der Waals surface area (Å²) in [7, 11) is 1.49. The predicted octanol–water partition coefficient (Wildman–Crippen LogP) is 5.36. The third-order valence-electron chi connectivity index (χ3n) is 4.62. The van der Waals surface area contributed by atoms with Gasteiger partial charge in [0, 0.05) is 28.2 Å². The highest BCUT2D eigenvalue weighted by atomic mass is 35.5.